The number of carbonyl (C=O) groups excluding carboxylic acids is 1. The van der Waals surface area contributed by atoms with E-state index in [2.05, 4.69) is 0 Å². The lowest BCUT2D eigenvalue weighted by Crippen LogP contribution is -2.38. The molecule has 3 rings (SSSR count). The maximum atomic E-state index is 11.1. The molecule has 0 aromatic heterocycles. The zero-order chi connectivity index (χ0) is 12.6. The Morgan fingerprint density at radius 3 is 3.00 bits per heavy atom. The number of benzene rings is 1. The van der Waals surface area contributed by atoms with Crippen molar-refractivity contribution in [3.63, 3.8) is 0 Å². The summed E-state index contributed by atoms with van der Waals surface area (Å²) in [6.45, 7) is 0.987. The summed E-state index contributed by atoms with van der Waals surface area (Å²) >= 11 is 0. The molecule has 4 nitrogen and oxygen atoms in total. The second kappa shape index (κ2) is 4.14. The standard InChI is InChI=1S/C14H15NO3/c15-13(16)7-10-8-18-14(5-6-17-9-14)12-4-2-1-3-11(10)12/h1-6,10H,7-9H2,(H2,15,16). The van der Waals surface area contributed by atoms with Crippen LogP contribution in [0.2, 0.25) is 0 Å². The van der Waals surface area contributed by atoms with Crippen molar-refractivity contribution in [2.24, 2.45) is 5.73 Å². The van der Waals surface area contributed by atoms with E-state index in [9.17, 15) is 4.79 Å². The van der Waals surface area contributed by atoms with E-state index in [1.165, 1.54) is 0 Å². The average molecular weight is 245 g/mol. The van der Waals surface area contributed by atoms with Crippen LogP contribution < -0.4 is 5.73 Å². The molecule has 4 heteroatoms. The van der Waals surface area contributed by atoms with Gasteiger partial charge in [0, 0.05) is 12.3 Å². The van der Waals surface area contributed by atoms with Gasteiger partial charge in [0.05, 0.1) is 12.9 Å². The molecular formula is C14H15NO3. The summed E-state index contributed by atoms with van der Waals surface area (Å²) in [5.41, 5.74) is 7.03. The Morgan fingerprint density at radius 2 is 2.28 bits per heavy atom. The average Bonchev–Trinajstić information content (AvgIpc) is 2.83. The molecule has 1 amide bonds. The molecule has 94 valence electrons. The third-order valence-electron chi connectivity index (χ3n) is 3.58. The van der Waals surface area contributed by atoms with Gasteiger partial charge in [-0.25, -0.2) is 0 Å². The van der Waals surface area contributed by atoms with Crippen molar-refractivity contribution in [3.05, 3.63) is 47.7 Å². The highest BCUT2D eigenvalue weighted by Crippen LogP contribution is 2.42. The lowest BCUT2D eigenvalue weighted by molar-refractivity contribution is -0.119. The van der Waals surface area contributed by atoms with Crippen molar-refractivity contribution >= 4 is 5.91 Å². The van der Waals surface area contributed by atoms with E-state index in [0.717, 1.165) is 11.1 Å². The summed E-state index contributed by atoms with van der Waals surface area (Å²) in [6, 6.07) is 8.02. The minimum absolute atomic E-state index is 0.0401. The van der Waals surface area contributed by atoms with E-state index >= 15 is 0 Å². The van der Waals surface area contributed by atoms with Crippen molar-refractivity contribution in [2.45, 2.75) is 17.9 Å². The predicted molar refractivity (Wildman–Crippen MR) is 65.7 cm³/mol. The Hall–Kier alpha value is -1.81. The third-order valence-corrected chi connectivity index (χ3v) is 3.58. The smallest absolute Gasteiger partial charge is 0.218 e. The van der Waals surface area contributed by atoms with Crippen molar-refractivity contribution in [1.29, 1.82) is 0 Å². The van der Waals surface area contributed by atoms with Gasteiger partial charge in [0.1, 0.15) is 12.2 Å². The van der Waals surface area contributed by atoms with Crippen molar-refractivity contribution in [3.8, 4) is 0 Å². The normalized spacial score (nSPS) is 29.0. The monoisotopic (exact) mass is 245 g/mol. The van der Waals surface area contributed by atoms with E-state index in [0.29, 0.717) is 19.6 Å². The Balaban J connectivity index is 2.03. The number of carbonyl (C=O) groups is 1. The van der Waals surface area contributed by atoms with Gasteiger partial charge in [-0.3, -0.25) is 4.79 Å². The van der Waals surface area contributed by atoms with Gasteiger partial charge in [0.25, 0.3) is 0 Å². The number of hydrogen-bond acceptors (Lipinski definition) is 3. The van der Waals surface area contributed by atoms with Crippen molar-refractivity contribution < 1.29 is 14.3 Å². The number of fused-ring (bicyclic) bond motifs is 2. The minimum Gasteiger partial charge on any atom is -0.498 e. The molecule has 0 fully saturated rings. The van der Waals surface area contributed by atoms with Gasteiger partial charge in [-0.05, 0) is 17.2 Å². The molecule has 1 spiro atoms. The highest BCUT2D eigenvalue weighted by molar-refractivity contribution is 5.75. The lowest BCUT2D eigenvalue weighted by atomic mass is 9.81. The van der Waals surface area contributed by atoms with Gasteiger partial charge in [0.2, 0.25) is 5.91 Å². The quantitative estimate of drug-likeness (QED) is 0.857. The lowest BCUT2D eigenvalue weighted by Gasteiger charge is -2.37. The first kappa shape index (κ1) is 11.3. The van der Waals surface area contributed by atoms with E-state index < -0.39 is 5.60 Å². The second-order valence-corrected chi connectivity index (χ2v) is 4.77. The first-order valence-corrected chi connectivity index (χ1v) is 6.02. The van der Waals surface area contributed by atoms with Crippen LogP contribution in [0.3, 0.4) is 0 Å². The molecule has 2 aliphatic heterocycles. The molecule has 2 aliphatic rings. The largest absolute Gasteiger partial charge is 0.498 e. The summed E-state index contributed by atoms with van der Waals surface area (Å²) in [5, 5.41) is 0. The molecule has 0 saturated heterocycles. The van der Waals surface area contributed by atoms with Gasteiger partial charge in [-0.1, -0.05) is 24.3 Å². The molecule has 1 aromatic rings. The molecule has 0 bridgehead atoms. The molecule has 2 atom stereocenters. The summed E-state index contributed by atoms with van der Waals surface area (Å²) in [4.78, 5) is 11.1. The van der Waals surface area contributed by atoms with E-state index in [4.69, 9.17) is 15.2 Å². The van der Waals surface area contributed by atoms with Gasteiger partial charge in [-0.2, -0.15) is 0 Å². The number of ether oxygens (including phenoxy) is 2. The number of primary amides is 1. The summed E-state index contributed by atoms with van der Waals surface area (Å²) in [5.74, 6) is -0.258. The van der Waals surface area contributed by atoms with E-state index in [-0.39, 0.29) is 11.8 Å². The van der Waals surface area contributed by atoms with Crippen LogP contribution in [0.15, 0.2) is 36.6 Å². The van der Waals surface area contributed by atoms with Crippen molar-refractivity contribution in [2.75, 3.05) is 13.2 Å². The fourth-order valence-corrected chi connectivity index (χ4v) is 2.70. The highest BCUT2D eigenvalue weighted by atomic mass is 16.5. The minimum atomic E-state index is -0.481. The van der Waals surface area contributed by atoms with Crippen LogP contribution in [0.5, 0.6) is 0 Å². The molecule has 1 aromatic carbocycles. The first-order chi connectivity index (χ1) is 8.71. The zero-order valence-electron chi connectivity index (χ0n) is 9.96. The summed E-state index contributed by atoms with van der Waals surface area (Å²) in [7, 11) is 0. The van der Waals surface area contributed by atoms with Crippen LogP contribution in [-0.4, -0.2) is 19.1 Å². The Morgan fingerprint density at radius 1 is 1.44 bits per heavy atom. The summed E-state index contributed by atoms with van der Waals surface area (Å²) < 4.78 is 11.3. The Labute approximate surface area is 105 Å². The molecule has 2 heterocycles. The fourth-order valence-electron chi connectivity index (χ4n) is 2.70. The van der Waals surface area contributed by atoms with Gasteiger partial charge in [0.15, 0.2) is 0 Å². The van der Waals surface area contributed by atoms with Crippen molar-refractivity contribution in [1.82, 2.24) is 0 Å². The first-order valence-electron chi connectivity index (χ1n) is 6.02. The highest BCUT2D eigenvalue weighted by Gasteiger charge is 2.42. The number of hydrogen-bond donors (Lipinski definition) is 1. The van der Waals surface area contributed by atoms with Crippen LogP contribution in [0, 0.1) is 0 Å². The molecule has 0 aliphatic carbocycles. The second-order valence-electron chi connectivity index (χ2n) is 4.77. The zero-order valence-corrected chi connectivity index (χ0v) is 9.96. The van der Waals surface area contributed by atoms with E-state index in [1.807, 2.05) is 30.3 Å². The molecule has 0 radical (unpaired) electrons. The van der Waals surface area contributed by atoms with Gasteiger partial charge in [-0.15, -0.1) is 0 Å². The predicted octanol–water partition coefficient (Wildman–Crippen LogP) is 1.41. The molecule has 2 unspecified atom stereocenters. The van der Waals surface area contributed by atoms with Gasteiger partial charge >= 0.3 is 0 Å². The number of rotatable bonds is 2. The van der Waals surface area contributed by atoms with Crippen LogP contribution in [0.4, 0.5) is 0 Å². The van der Waals surface area contributed by atoms with Crippen LogP contribution in [0.1, 0.15) is 23.5 Å². The third kappa shape index (κ3) is 1.69. The Bertz CT molecular complexity index is 512. The molecule has 0 saturated carbocycles. The topological polar surface area (TPSA) is 61.6 Å². The maximum absolute atomic E-state index is 11.1. The fraction of sp³-hybridized carbons (Fsp3) is 0.357. The SMILES string of the molecule is NC(=O)CC1COC2(C=COC2)c2ccccc21. The molecule has 18 heavy (non-hydrogen) atoms. The Kier molecular flexibility index (Phi) is 2.59. The van der Waals surface area contributed by atoms with Gasteiger partial charge < -0.3 is 15.2 Å². The van der Waals surface area contributed by atoms with E-state index in [1.54, 1.807) is 6.26 Å². The number of nitrogens with two attached hydrogens (primary N) is 1. The van der Waals surface area contributed by atoms with Crippen LogP contribution in [0.25, 0.3) is 0 Å². The maximum Gasteiger partial charge on any atom is 0.218 e. The van der Waals surface area contributed by atoms with Crippen LogP contribution >= 0.6 is 0 Å². The number of amides is 1. The molecule has 2 N–H and O–H groups in total. The van der Waals surface area contributed by atoms with Crippen LogP contribution in [-0.2, 0) is 19.9 Å². The summed E-state index contributed by atoms with van der Waals surface area (Å²) in [6.07, 6.45) is 3.93. The molecular weight excluding hydrogens is 230 g/mol.